The largest absolute Gasteiger partial charge is 0.489 e. The third kappa shape index (κ3) is 4.11. The highest BCUT2D eigenvalue weighted by Gasteiger charge is 2.02. The minimum atomic E-state index is -0.121. The molecule has 21 heavy (non-hydrogen) atoms. The topological polar surface area (TPSA) is 29.5 Å². The average molecular weight is 280 g/mol. The lowest BCUT2D eigenvalue weighted by Crippen LogP contribution is -1.99. The van der Waals surface area contributed by atoms with E-state index >= 15 is 0 Å². The Morgan fingerprint density at radius 3 is 2.52 bits per heavy atom. The van der Waals surface area contributed by atoms with Crippen LogP contribution in [0, 0.1) is 32.6 Å². The molecule has 0 unspecified atom stereocenters. The zero-order valence-electron chi connectivity index (χ0n) is 12.7. The van der Waals surface area contributed by atoms with E-state index in [1.54, 1.807) is 0 Å². The number of hydrogen-bond donors (Lipinski definition) is 1. The van der Waals surface area contributed by atoms with Crippen molar-refractivity contribution in [2.45, 2.75) is 27.4 Å². The lowest BCUT2D eigenvalue weighted by molar-refractivity contribution is 0.305. The van der Waals surface area contributed by atoms with Crippen molar-refractivity contribution >= 4 is 0 Å². The van der Waals surface area contributed by atoms with E-state index in [1.807, 2.05) is 25.1 Å². The first-order valence-electron chi connectivity index (χ1n) is 6.99. The second-order valence-electron chi connectivity index (χ2n) is 5.16. The van der Waals surface area contributed by atoms with Crippen LogP contribution in [0.2, 0.25) is 0 Å². The van der Waals surface area contributed by atoms with E-state index in [1.165, 1.54) is 16.7 Å². The molecule has 1 N–H and O–H groups in total. The fraction of sp³-hybridized carbons (Fsp3) is 0.263. The Kier molecular flexibility index (Phi) is 5.03. The molecule has 108 valence electrons. The fourth-order valence-corrected chi connectivity index (χ4v) is 2.12. The molecule has 0 saturated heterocycles. The molecule has 0 aliphatic heterocycles. The molecule has 2 heteroatoms. The highest BCUT2D eigenvalue weighted by atomic mass is 16.5. The molecular formula is C19H20O2. The zero-order valence-corrected chi connectivity index (χ0v) is 12.7. The molecule has 0 saturated carbocycles. The average Bonchev–Trinajstić information content (AvgIpc) is 2.47. The molecule has 2 nitrogen and oxygen atoms in total. The van der Waals surface area contributed by atoms with E-state index < -0.39 is 0 Å². The number of hydrogen-bond acceptors (Lipinski definition) is 2. The maximum Gasteiger partial charge on any atom is 0.120 e. The van der Waals surface area contributed by atoms with Crippen molar-refractivity contribution in [2.24, 2.45) is 0 Å². The highest BCUT2D eigenvalue weighted by molar-refractivity contribution is 5.44. The molecule has 2 aromatic carbocycles. The first-order chi connectivity index (χ1) is 10.1. The molecule has 0 bridgehead atoms. The van der Waals surface area contributed by atoms with Gasteiger partial charge in [-0.15, -0.1) is 0 Å². The third-order valence-electron chi connectivity index (χ3n) is 3.40. The maximum absolute atomic E-state index is 8.73. The minimum absolute atomic E-state index is 0.121. The Bertz CT molecular complexity index is 690. The van der Waals surface area contributed by atoms with Gasteiger partial charge in [-0.1, -0.05) is 35.6 Å². The van der Waals surface area contributed by atoms with Gasteiger partial charge in [0.15, 0.2) is 0 Å². The van der Waals surface area contributed by atoms with Crippen molar-refractivity contribution in [1.29, 1.82) is 0 Å². The van der Waals surface area contributed by atoms with Gasteiger partial charge in [-0.05, 0) is 55.7 Å². The second kappa shape index (κ2) is 6.97. The van der Waals surface area contributed by atoms with E-state index in [9.17, 15) is 0 Å². The number of aliphatic hydroxyl groups excluding tert-OH is 1. The van der Waals surface area contributed by atoms with Gasteiger partial charge < -0.3 is 9.84 Å². The van der Waals surface area contributed by atoms with Crippen LogP contribution in [0.15, 0.2) is 36.4 Å². The van der Waals surface area contributed by atoms with Crippen molar-refractivity contribution in [3.8, 4) is 17.6 Å². The Balaban J connectivity index is 2.10. The van der Waals surface area contributed by atoms with Gasteiger partial charge in [-0.25, -0.2) is 0 Å². The molecule has 0 spiro atoms. The summed E-state index contributed by atoms with van der Waals surface area (Å²) in [5, 5.41) is 8.73. The van der Waals surface area contributed by atoms with Gasteiger partial charge in [0, 0.05) is 5.56 Å². The van der Waals surface area contributed by atoms with Crippen molar-refractivity contribution in [2.75, 3.05) is 6.61 Å². The Morgan fingerprint density at radius 1 is 1.00 bits per heavy atom. The molecule has 0 heterocycles. The van der Waals surface area contributed by atoms with Gasteiger partial charge in [0.25, 0.3) is 0 Å². The number of ether oxygens (including phenoxy) is 1. The molecule has 0 atom stereocenters. The second-order valence-corrected chi connectivity index (χ2v) is 5.16. The number of aryl methyl sites for hydroxylation is 3. The summed E-state index contributed by atoms with van der Waals surface area (Å²) < 4.78 is 5.87. The Morgan fingerprint density at radius 2 is 1.81 bits per heavy atom. The predicted octanol–water partition coefficient (Wildman–Crippen LogP) is 3.53. The van der Waals surface area contributed by atoms with Crippen LogP contribution in [-0.2, 0) is 6.61 Å². The molecule has 0 aliphatic carbocycles. The molecule has 0 amide bonds. The standard InChI is InChI=1S/C19H20O2/c1-14-6-7-15(2)18(11-14)13-21-19-9-8-17(5-4-10-20)16(3)12-19/h6-9,11-12,20H,10,13H2,1-3H3. The first-order valence-corrected chi connectivity index (χ1v) is 6.99. The quantitative estimate of drug-likeness (QED) is 0.871. The molecule has 2 aromatic rings. The SMILES string of the molecule is Cc1ccc(C)c(COc2ccc(C#CCO)c(C)c2)c1. The summed E-state index contributed by atoms with van der Waals surface area (Å²) in [7, 11) is 0. The van der Waals surface area contributed by atoms with Crippen LogP contribution < -0.4 is 4.74 Å². The van der Waals surface area contributed by atoms with Crippen LogP contribution in [0.3, 0.4) is 0 Å². The molecule has 0 aromatic heterocycles. The van der Waals surface area contributed by atoms with Crippen molar-refractivity contribution in [3.63, 3.8) is 0 Å². The molecule has 0 aliphatic rings. The molecule has 0 radical (unpaired) electrons. The van der Waals surface area contributed by atoms with Crippen LogP contribution in [0.5, 0.6) is 5.75 Å². The van der Waals surface area contributed by atoms with E-state index in [0.717, 1.165) is 16.9 Å². The van der Waals surface area contributed by atoms with Gasteiger partial charge in [-0.3, -0.25) is 0 Å². The highest BCUT2D eigenvalue weighted by Crippen LogP contribution is 2.19. The third-order valence-corrected chi connectivity index (χ3v) is 3.40. The fourth-order valence-electron chi connectivity index (χ4n) is 2.12. The van der Waals surface area contributed by atoms with E-state index in [2.05, 4.69) is 43.9 Å². The van der Waals surface area contributed by atoms with Crippen molar-refractivity contribution < 1.29 is 9.84 Å². The summed E-state index contributed by atoms with van der Waals surface area (Å²) in [4.78, 5) is 0. The van der Waals surface area contributed by atoms with Crippen LogP contribution in [0.25, 0.3) is 0 Å². The smallest absolute Gasteiger partial charge is 0.120 e. The van der Waals surface area contributed by atoms with Gasteiger partial charge in [0.2, 0.25) is 0 Å². The Labute approximate surface area is 126 Å². The van der Waals surface area contributed by atoms with E-state index in [4.69, 9.17) is 9.84 Å². The molecule has 0 fully saturated rings. The lowest BCUT2D eigenvalue weighted by atomic mass is 10.1. The minimum Gasteiger partial charge on any atom is -0.489 e. The van der Waals surface area contributed by atoms with Crippen LogP contribution in [0.1, 0.15) is 27.8 Å². The predicted molar refractivity (Wildman–Crippen MR) is 85.4 cm³/mol. The summed E-state index contributed by atoms with van der Waals surface area (Å²) in [6.07, 6.45) is 0. The van der Waals surface area contributed by atoms with Crippen LogP contribution in [-0.4, -0.2) is 11.7 Å². The summed E-state index contributed by atoms with van der Waals surface area (Å²) in [6, 6.07) is 12.2. The summed E-state index contributed by atoms with van der Waals surface area (Å²) in [5.41, 5.74) is 5.65. The molecular weight excluding hydrogens is 260 g/mol. The van der Waals surface area contributed by atoms with Gasteiger partial charge in [0.1, 0.15) is 19.0 Å². The number of rotatable bonds is 3. The Hall–Kier alpha value is -2.24. The monoisotopic (exact) mass is 280 g/mol. The van der Waals surface area contributed by atoms with Gasteiger partial charge in [0.05, 0.1) is 0 Å². The summed E-state index contributed by atoms with van der Waals surface area (Å²) >= 11 is 0. The normalized spacial score (nSPS) is 9.90. The van der Waals surface area contributed by atoms with Gasteiger partial charge in [-0.2, -0.15) is 0 Å². The van der Waals surface area contributed by atoms with Crippen molar-refractivity contribution in [3.05, 3.63) is 64.2 Å². The summed E-state index contributed by atoms with van der Waals surface area (Å²) in [5.74, 6) is 6.42. The number of benzene rings is 2. The van der Waals surface area contributed by atoms with Crippen molar-refractivity contribution in [1.82, 2.24) is 0 Å². The van der Waals surface area contributed by atoms with Crippen LogP contribution in [0.4, 0.5) is 0 Å². The first kappa shape index (κ1) is 15.2. The van der Waals surface area contributed by atoms with Crippen LogP contribution >= 0.6 is 0 Å². The number of aliphatic hydroxyl groups is 1. The zero-order chi connectivity index (χ0) is 15.2. The molecule has 2 rings (SSSR count). The van der Waals surface area contributed by atoms with E-state index in [-0.39, 0.29) is 6.61 Å². The lowest BCUT2D eigenvalue weighted by Gasteiger charge is -2.10. The maximum atomic E-state index is 8.73. The van der Waals surface area contributed by atoms with Gasteiger partial charge >= 0.3 is 0 Å². The summed E-state index contributed by atoms with van der Waals surface area (Å²) in [6.45, 7) is 6.61. The van der Waals surface area contributed by atoms with E-state index in [0.29, 0.717) is 6.61 Å².